The van der Waals surface area contributed by atoms with E-state index in [0.29, 0.717) is 46.8 Å². The Bertz CT molecular complexity index is 1400. The lowest BCUT2D eigenvalue weighted by atomic mass is 9.64. The van der Waals surface area contributed by atoms with Gasteiger partial charge in [0.25, 0.3) is 0 Å². The Labute approximate surface area is 289 Å². The Kier molecular flexibility index (Phi) is 10.4. The molecular formula is C47H66. The van der Waals surface area contributed by atoms with Crippen molar-refractivity contribution >= 4 is 0 Å². The van der Waals surface area contributed by atoms with Crippen LogP contribution in [-0.4, -0.2) is 0 Å². The molecule has 8 atom stereocenters. The van der Waals surface area contributed by atoms with Gasteiger partial charge in [-0.2, -0.15) is 0 Å². The van der Waals surface area contributed by atoms with Gasteiger partial charge < -0.3 is 0 Å². The van der Waals surface area contributed by atoms with E-state index in [1.807, 2.05) is 0 Å². The van der Waals surface area contributed by atoms with Crippen LogP contribution in [0.5, 0.6) is 0 Å². The Balaban J connectivity index is 0.00000139. The van der Waals surface area contributed by atoms with E-state index in [-0.39, 0.29) is 10.8 Å². The Morgan fingerprint density at radius 2 is 1.09 bits per heavy atom. The number of hydrogen-bond acceptors (Lipinski definition) is 0. The molecule has 0 amide bonds. The SMILES string of the molecule is CC1CC(C(C)(C)C)CC1[C@@H](c1ccc(-c2ccccc2)cc1)C1C2C=C(C(C)(C)C)C=CC2C2C=CC(C(C)(C)C)=CC21.CCC. The molecule has 2 saturated carbocycles. The zero-order chi connectivity index (χ0) is 34.3. The number of hydrogen-bond donors (Lipinski definition) is 0. The first-order valence-corrected chi connectivity index (χ1v) is 19.0. The summed E-state index contributed by atoms with van der Waals surface area (Å²) in [7, 11) is 0. The van der Waals surface area contributed by atoms with Crippen molar-refractivity contribution in [2.24, 2.45) is 63.6 Å². The lowest BCUT2D eigenvalue weighted by Gasteiger charge is -2.40. The van der Waals surface area contributed by atoms with Crippen LogP contribution < -0.4 is 0 Å². The molecule has 0 heterocycles. The summed E-state index contributed by atoms with van der Waals surface area (Å²) in [4.78, 5) is 0. The van der Waals surface area contributed by atoms with Crippen LogP contribution in [0.3, 0.4) is 0 Å². The van der Waals surface area contributed by atoms with Crippen LogP contribution in [0.2, 0.25) is 0 Å². The van der Waals surface area contributed by atoms with Crippen LogP contribution >= 0.6 is 0 Å². The fourth-order valence-electron chi connectivity index (χ4n) is 9.45. The zero-order valence-electron chi connectivity index (χ0n) is 32.0. The minimum atomic E-state index is 0.160. The van der Waals surface area contributed by atoms with Crippen molar-refractivity contribution in [2.75, 3.05) is 0 Å². The van der Waals surface area contributed by atoms with Gasteiger partial charge in [-0.1, -0.05) is 181 Å². The molecule has 2 aromatic carbocycles. The predicted octanol–water partition coefficient (Wildman–Crippen LogP) is 13.7. The highest BCUT2D eigenvalue weighted by Gasteiger charge is 2.55. The molecule has 254 valence electrons. The van der Waals surface area contributed by atoms with Crippen LogP contribution in [0.1, 0.15) is 114 Å². The summed E-state index contributed by atoms with van der Waals surface area (Å²) in [6.45, 7) is 28.6. The molecule has 0 radical (unpaired) electrons. The molecule has 6 rings (SSSR count). The summed E-state index contributed by atoms with van der Waals surface area (Å²) < 4.78 is 0. The zero-order valence-corrected chi connectivity index (χ0v) is 32.0. The maximum atomic E-state index is 2.75. The summed E-state index contributed by atoms with van der Waals surface area (Å²) in [6.07, 6.45) is 19.6. The quantitative estimate of drug-likeness (QED) is 0.315. The van der Waals surface area contributed by atoms with Crippen molar-refractivity contribution in [1.82, 2.24) is 0 Å². The van der Waals surface area contributed by atoms with E-state index in [1.54, 1.807) is 5.56 Å². The molecule has 0 nitrogen and oxygen atoms in total. The first kappa shape index (κ1) is 35.7. The fourth-order valence-corrected chi connectivity index (χ4v) is 9.45. The summed E-state index contributed by atoms with van der Waals surface area (Å²) >= 11 is 0. The van der Waals surface area contributed by atoms with Crippen LogP contribution in [0, 0.1) is 63.6 Å². The molecule has 47 heavy (non-hydrogen) atoms. The van der Waals surface area contributed by atoms with Crippen molar-refractivity contribution < 1.29 is 0 Å². The standard InChI is InChI=1S/C44H58.C3H8/c1-28-24-34(44(8,9)10)27-37(28)40(31-18-16-30(17-19-31)29-14-12-11-13-15-29)41-38-25-32(42(2,3)4)20-22-35(38)36-23-21-33(26-39(36)41)43(5,6)7;1-3-2/h11-23,25-26,28,34-41H,24,27H2,1-10H3;3H2,1-2H3/t28?,34?,35?,36?,37?,38?,39?,40-,41?;/m1./s1. The lowest BCUT2D eigenvalue weighted by molar-refractivity contribution is 0.194. The summed E-state index contributed by atoms with van der Waals surface area (Å²) in [5.41, 5.74) is 7.93. The van der Waals surface area contributed by atoms with Crippen LogP contribution in [-0.2, 0) is 0 Å². The molecule has 2 aromatic rings. The minimum Gasteiger partial charge on any atom is -0.0799 e. The van der Waals surface area contributed by atoms with Gasteiger partial charge in [-0.05, 0) is 110 Å². The normalized spacial score (nSPS) is 30.9. The van der Waals surface area contributed by atoms with Gasteiger partial charge in [-0.15, -0.1) is 0 Å². The highest BCUT2D eigenvalue weighted by molar-refractivity contribution is 5.63. The predicted molar refractivity (Wildman–Crippen MR) is 206 cm³/mol. The van der Waals surface area contributed by atoms with E-state index in [0.717, 1.165) is 11.8 Å². The largest absolute Gasteiger partial charge is 0.0799 e. The second-order valence-electron chi connectivity index (χ2n) is 18.7. The number of rotatable bonds is 4. The van der Waals surface area contributed by atoms with E-state index in [1.165, 1.54) is 41.5 Å². The van der Waals surface area contributed by atoms with Gasteiger partial charge in [0.2, 0.25) is 0 Å². The van der Waals surface area contributed by atoms with Crippen molar-refractivity contribution in [3.8, 4) is 11.1 Å². The molecular weight excluding hydrogens is 565 g/mol. The van der Waals surface area contributed by atoms with Crippen molar-refractivity contribution in [1.29, 1.82) is 0 Å². The van der Waals surface area contributed by atoms with E-state index >= 15 is 0 Å². The molecule has 4 aliphatic rings. The molecule has 0 spiro atoms. The summed E-state index contributed by atoms with van der Waals surface area (Å²) in [5, 5.41) is 0. The fraction of sp³-hybridized carbons (Fsp3) is 0.574. The topological polar surface area (TPSA) is 0 Å². The lowest BCUT2D eigenvalue weighted by Crippen LogP contribution is -2.32. The first-order valence-electron chi connectivity index (χ1n) is 19.0. The van der Waals surface area contributed by atoms with Crippen molar-refractivity contribution in [3.63, 3.8) is 0 Å². The Morgan fingerprint density at radius 3 is 1.51 bits per heavy atom. The van der Waals surface area contributed by atoms with Gasteiger partial charge in [0.05, 0.1) is 0 Å². The van der Waals surface area contributed by atoms with E-state index < -0.39 is 0 Å². The molecule has 0 bridgehead atoms. The van der Waals surface area contributed by atoms with E-state index in [9.17, 15) is 0 Å². The summed E-state index contributed by atoms with van der Waals surface area (Å²) in [6, 6.07) is 20.8. The molecule has 7 unspecified atom stereocenters. The molecule has 0 aliphatic heterocycles. The first-order chi connectivity index (χ1) is 22.0. The maximum absolute atomic E-state index is 2.75. The van der Waals surface area contributed by atoms with Crippen molar-refractivity contribution in [3.05, 3.63) is 108 Å². The Morgan fingerprint density at radius 1 is 0.617 bits per heavy atom. The smallest absolute Gasteiger partial charge is 0.00909 e. The number of benzene rings is 2. The average Bonchev–Trinajstić information content (AvgIpc) is 3.55. The van der Waals surface area contributed by atoms with Gasteiger partial charge in [-0.3, -0.25) is 0 Å². The average molecular weight is 631 g/mol. The second-order valence-corrected chi connectivity index (χ2v) is 18.7. The highest BCUT2D eigenvalue weighted by atomic mass is 14.6. The molecule has 0 saturated heterocycles. The third-order valence-corrected chi connectivity index (χ3v) is 12.1. The van der Waals surface area contributed by atoms with Gasteiger partial charge in [0, 0.05) is 0 Å². The maximum Gasteiger partial charge on any atom is -0.00909 e. The van der Waals surface area contributed by atoms with Gasteiger partial charge in [-0.25, -0.2) is 0 Å². The van der Waals surface area contributed by atoms with Gasteiger partial charge in [0.15, 0.2) is 0 Å². The molecule has 0 heteroatoms. The van der Waals surface area contributed by atoms with Crippen molar-refractivity contribution in [2.45, 2.75) is 108 Å². The van der Waals surface area contributed by atoms with Crippen LogP contribution in [0.15, 0.2) is 102 Å². The molecule has 4 aliphatic carbocycles. The monoisotopic (exact) mass is 631 g/mol. The Hall–Kier alpha value is -2.60. The highest BCUT2D eigenvalue weighted by Crippen LogP contribution is 2.62. The third-order valence-electron chi connectivity index (χ3n) is 12.1. The van der Waals surface area contributed by atoms with Crippen LogP contribution in [0.25, 0.3) is 11.1 Å². The number of allylic oxidation sites excluding steroid dienone is 8. The molecule has 0 aromatic heterocycles. The van der Waals surface area contributed by atoms with E-state index in [2.05, 4.69) is 174 Å². The van der Waals surface area contributed by atoms with E-state index in [4.69, 9.17) is 0 Å². The minimum absolute atomic E-state index is 0.160. The second kappa shape index (κ2) is 13.7. The van der Waals surface area contributed by atoms with Crippen LogP contribution in [0.4, 0.5) is 0 Å². The summed E-state index contributed by atoms with van der Waals surface area (Å²) in [5.74, 6) is 5.60. The van der Waals surface area contributed by atoms with Gasteiger partial charge >= 0.3 is 0 Å². The molecule has 0 N–H and O–H groups in total. The molecule has 2 fully saturated rings. The third kappa shape index (κ3) is 7.53. The number of fused-ring (bicyclic) bond motifs is 3. The van der Waals surface area contributed by atoms with Gasteiger partial charge in [0.1, 0.15) is 0 Å².